The van der Waals surface area contributed by atoms with Crippen molar-refractivity contribution in [3.05, 3.63) is 35.9 Å². The Morgan fingerprint density at radius 2 is 2.16 bits per heavy atom. The van der Waals surface area contributed by atoms with Crippen molar-refractivity contribution < 1.29 is 9.90 Å². The van der Waals surface area contributed by atoms with Crippen LogP contribution in [0.15, 0.2) is 30.3 Å². The number of carbonyl (C=O) groups excluding carboxylic acids is 1. The molecule has 0 fully saturated rings. The van der Waals surface area contributed by atoms with Gasteiger partial charge in [0.2, 0.25) is 5.91 Å². The number of hydrogen-bond donors (Lipinski definition) is 2. The molecule has 0 saturated carbocycles. The summed E-state index contributed by atoms with van der Waals surface area (Å²) >= 11 is 0. The molecule has 0 atom stereocenters. The topological polar surface area (TPSA) is 66.6 Å². The van der Waals surface area contributed by atoms with Crippen molar-refractivity contribution in [3.63, 3.8) is 0 Å². The van der Waals surface area contributed by atoms with Gasteiger partial charge < -0.3 is 15.7 Å². The Morgan fingerprint density at radius 3 is 2.84 bits per heavy atom. The number of nitrogen functional groups attached to an aromatic ring is 1. The lowest BCUT2D eigenvalue weighted by molar-refractivity contribution is -0.124. The Kier molecular flexibility index (Phi) is 6.68. The van der Waals surface area contributed by atoms with Crippen LogP contribution < -0.4 is 5.73 Å². The highest BCUT2D eigenvalue weighted by atomic mass is 16.2. The molecule has 0 aromatic heterocycles. The van der Waals surface area contributed by atoms with Crippen molar-refractivity contribution >= 4 is 17.7 Å². The first-order chi connectivity index (χ1) is 9.13. The van der Waals surface area contributed by atoms with Crippen LogP contribution in [0, 0.1) is 0 Å². The molecule has 4 heteroatoms. The number of rotatable bonds is 7. The van der Waals surface area contributed by atoms with Crippen molar-refractivity contribution in [2.75, 3.05) is 25.9 Å². The highest BCUT2D eigenvalue weighted by Crippen LogP contribution is 2.08. The van der Waals surface area contributed by atoms with Crippen molar-refractivity contribution in [1.82, 2.24) is 4.90 Å². The normalized spacial score (nSPS) is 10.8. The van der Waals surface area contributed by atoms with Crippen LogP contribution >= 0.6 is 0 Å². The fourth-order valence-corrected chi connectivity index (χ4v) is 1.71. The average Bonchev–Trinajstić information content (AvgIpc) is 2.41. The van der Waals surface area contributed by atoms with Gasteiger partial charge in [-0.1, -0.05) is 12.1 Å². The summed E-state index contributed by atoms with van der Waals surface area (Å²) in [7, 11) is 1.78. The van der Waals surface area contributed by atoms with Gasteiger partial charge in [-0.25, -0.2) is 0 Å². The maximum atomic E-state index is 11.8. The van der Waals surface area contributed by atoms with E-state index in [-0.39, 0.29) is 12.5 Å². The molecular weight excluding hydrogens is 240 g/mol. The van der Waals surface area contributed by atoms with Gasteiger partial charge in [-0.15, -0.1) is 0 Å². The van der Waals surface area contributed by atoms with E-state index in [0.717, 1.165) is 24.8 Å². The summed E-state index contributed by atoms with van der Waals surface area (Å²) in [6, 6.07) is 7.40. The molecule has 0 radical (unpaired) electrons. The predicted molar refractivity (Wildman–Crippen MR) is 78.5 cm³/mol. The van der Waals surface area contributed by atoms with Crippen LogP contribution in [0.3, 0.4) is 0 Å². The molecule has 0 bridgehead atoms. The Balaban J connectivity index is 2.41. The van der Waals surface area contributed by atoms with Crippen LogP contribution in [-0.4, -0.2) is 36.1 Å². The molecule has 0 spiro atoms. The van der Waals surface area contributed by atoms with Gasteiger partial charge in [0.15, 0.2) is 0 Å². The standard InChI is InChI=1S/C15H22N2O2/c1-17(10-3-2-4-11-18)15(19)9-8-13-6-5-7-14(16)12-13/h5-9,12,18H,2-4,10-11,16H2,1H3/b9-8+. The third-order valence-corrected chi connectivity index (χ3v) is 2.86. The van der Waals surface area contributed by atoms with Crippen molar-refractivity contribution in [2.24, 2.45) is 0 Å². The molecule has 1 aromatic rings. The fourth-order valence-electron chi connectivity index (χ4n) is 1.71. The van der Waals surface area contributed by atoms with Crippen LogP contribution in [0.5, 0.6) is 0 Å². The number of likely N-dealkylation sites (N-methyl/N-ethyl adjacent to an activating group) is 1. The number of unbranched alkanes of at least 4 members (excludes halogenated alkanes) is 2. The maximum absolute atomic E-state index is 11.8. The number of aliphatic hydroxyl groups is 1. The number of nitrogens with zero attached hydrogens (tertiary/aromatic N) is 1. The van der Waals surface area contributed by atoms with Gasteiger partial charge in [-0.2, -0.15) is 0 Å². The van der Waals surface area contributed by atoms with Gasteiger partial charge in [-0.05, 0) is 43.0 Å². The number of hydrogen-bond acceptors (Lipinski definition) is 3. The average molecular weight is 262 g/mol. The third-order valence-electron chi connectivity index (χ3n) is 2.86. The second kappa shape index (κ2) is 8.32. The number of benzene rings is 1. The first-order valence-electron chi connectivity index (χ1n) is 6.53. The van der Waals surface area contributed by atoms with E-state index >= 15 is 0 Å². The van der Waals surface area contributed by atoms with Crippen LogP contribution in [0.1, 0.15) is 24.8 Å². The van der Waals surface area contributed by atoms with Crippen LogP contribution in [0.4, 0.5) is 5.69 Å². The zero-order valence-corrected chi connectivity index (χ0v) is 11.4. The SMILES string of the molecule is CN(CCCCCO)C(=O)/C=C/c1cccc(N)c1. The molecule has 104 valence electrons. The van der Waals surface area contributed by atoms with E-state index in [4.69, 9.17) is 10.8 Å². The number of nitrogens with two attached hydrogens (primary N) is 1. The van der Waals surface area contributed by atoms with Gasteiger partial charge in [0.25, 0.3) is 0 Å². The molecule has 0 saturated heterocycles. The van der Waals surface area contributed by atoms with Gasteiger partial charge >= 0.3 is 0 Å². The smallest absolute Gasteiger partial charge is 0.246 e. The summed E-state index contributed by atoms with van der Waals surface area (Å²) in [5, 5.41) is 8.67. The Hall–Kier alpha value is -1.81. The Bertz CT molecular complexity index is 430. The van der Waals surface area contributed by atoms with E-state index in [2.05, 4.69) is 0 Å². The lowest BCUT2D eigenvalue weighted by atomic mass is 10.2. The molecule has 19 heavy (non-hydrogen) atoms. The van der Waals surface area contributed by atoms with Gasteiger partial charge in [0.05, 0.1) is 0 Å². The molecule has 1 aromatic carbocycles. The first-order valence-corrected chi connectivity index (χ1v) is 6.53. The van der Waals surface area contributed by atoms with E-state index in [1.807, 2.05) is 24.3 Å². The second-order valence-corrected chi connectivity index (χ2v) is 4.55. The molecule has 0 aliphatic heterocycles. The third kappa shape index (κ3) is 6.06. The molecule has 1 amide bonds. The molecule has 0 unspecified atom stereocenters. The number of carbonyl (C=O) groups is 1. The highest BCUT2D eigenvalue weighted by molar-refractivity contribution is 5.91. The van der Waals surface area contributed by atoms with Crippen molar-refractivity contribution in [3.8, 4) is 0 Å². The molecule has 1 rings (SSSR count). The van der Waals surface area contributed by atoms with Gasteiger partial charge in [-0.3, -0.25) is 4.79 Å². The maximum Gasteiger partial charge on any atom is 0.246 e. The molecule has 0 heterocycles. The lowest BCUT2D eigenvalue weighted by Gasteiger charge is -2.14. The number of anilines is 1. The summed E-state index contributed by atoms with van der Waals surface area (Å²) in [6.07, 6.45) is 5.97. The van der Waals surface area contributed by atoms with Crippen LogP contribution in [0.25, 0.3) is 6.08 Å². The molecule has 0 aliphatic carbocycles. The van der Waals surface area contributed by atoms with Crippen LogP contribution in [-0.2, 0) is 4.79 Å². The summed E-state index contributed by atoms with van der Waals surface area (Å²) in [6.45, 7) is 0.924. The van der Waals surface area contributed by atoms with Crippen molar-refractivity contribution in [1.29, 1.82) is 0 Å². The minimum atomic E-state index is -0.0218. The zero-order valence-electron chi connectivity index (χ0n) is 11.4. The summed E-state index contributed by atoms with van der Waals surface area (Å²) in [4.78, 5) is 13.5. The molecule has 3 N–H and O–H groups in total. The quantitative estimate of drug-likeness (QED) is 0.448. The van der Waals surface area contributed by atoms with Gasteiger partial charge in [0.1, 0.15) is 0 Å². The summed E-state index contributed by atoms with van der Waals surface area (Å²) in [5.74, 6) is -0.0218. The first kappa shape index (κ1) is 15.2. The number of amides is 1. The minimum Gasteiger partial charge on any atom is -0.399 e. The van der Waals surface area contributed by atoms with E-state index in [1.165, 1.54) is 0 Å². The highest BCUT2D eigenvalue weighted by Gasteiger charge is 2.03. The van der Waals surface area contributed by atoms with E-state index in [0.29, 0.717) is 12.2 Å². The van der Waals surface area contributed by atoms with E-state index in [9.17, 15) is 4.79 Å². The van der Waals surface area contributed by atoms with Gasteiger partial charge in [0, 0.05) is 32.0 Å². The fraction of sp³-hybridized carbons (Fsp3) is 0.400. The monoisotopic (exact) mass is 262 g/mol. The lowest BCUT2D eigenvalue weighted by Crippen LogP contribution is -2.25. The largest absolute Gasteiger partial charge is 0.399 e. The Morgan fingerprint density at radius 1 is 1.37 bits per heavy atom. The van der Waals surface area contributed by atoms with E-state index < -0.39 is 0 Å². The predicted octanol–water partition coefficient (Wildman–Crippen LogP) is 1.90. The summed E-state index contributed by atoms with van der Waals surface area (Å²) < 4.78 is 0. The van der Waals surface area contributed by atoms with Crippen molar-refractivity contribution in [2.45, 2.75) is 19.3 Å². The number of aliphatic hydroxyl groups excluding tert-OH is 1. The zero-order chi connectivity index (χ0) is 14.1. The minimum absolute atomic E-state index is 0.0218. The Labute approximate surface area is 114 Å². The summed E-state index contributed by atoms with van der Waals surface area (Å²) in [5.41, 5.74) is 7.27. The van der Waals surface area contributed by atoms with Crippen LogP contribution in [0.2, 0.25) is 0 Å². The second-order valence-electron chi connectivity index (χ2n) is 4.55. The molecular formula is C15H22N2O2. The molecule has 0 aliphatic rings. The van der Waals surface area contributed by atoms with E-state index in [1.54, 1.807) is 24.1 Å². The molecule has 4 nitrogen and oxygen atoms in total.